The van der Waals surface area contributed by atoms with Crippen LogP contribution < -0.4 is 0 Å². The Bertz CT molecular complexity index is 527. The maximum absolute atomic E-state index is 10.6. The quantitative estimate of drug-likeness (QED) is 0.464. The van der Waals surface area contributed by atoms with Gasteiger partial charge < -0.3 is 10.1 Å². The molecule has 0 aliphatic rings. The summed E-state index contributed by atoms with van der Waals surface area (Å²) in [5.41, 5.74) is 0. The molecule has 0 saturated carbocycles. The van der Waals surface area contributed by atoms with E-state index in [0.717, 1.165) is 5.03 Å². The molecule has 2 aromatic rings. The largest absolute Gasteiger partial charge is 0.358 e. The van der Waals surface area contributed by atoms with Gasteiger partial charge in [-0.1, -0.05) is 11.8 Å². The van der Waals surface area contributed by atoms with E-state index in [1.165, 1.54) is 22.5 Å². The van der Waals surface area contributed by atoms with E-state index in [2.05, 4.69) is 15.2 Å². The van der Waals surface area contributed by atoms with Gasteiger partial charge in [-0.3, -0.25) is 0 Å². The minimum absolute atomic E-state index is 0.0141. The first-order valence-electron chi connectivity index (χ1n) is 4.74. The summed E-state index contributed by atoms with van der Waals surface area (Å²) in [5.74, 6) is 1.13. The van der Waals surface area contributed by atoms with Gasteiger partial charge in [0.2, 0.25) is 5.82 Å². The van der Waals surface area contributed by atoms with Gasteiger partial charge in [0.25, 0.3) is 0 Å². The summed E-state index contributed by atoms with van der Waals surface area (Å²) in [6.07, 6.45) is 2.85. The van der Waals surface area contributed by atoms with Gasteiger partial charge in [-0.2, -0.15) is 5.10 Å². The standard InChI is InChI=1S/C9H9N5O2S/c1-13-7(10-5-9(13)14(15)16)6-17-8-3-2-4-11-12-8/h2-5H,6H2,1H3. The second-order valence-electron chi connectivity index (χ2n) is 3.20. The molecule has 7 nitrogen and oxygen atoms in total. The van der Waals surface area contributed by atoms with Gasteiger partial charge in [0.15, 0.2) is 0 Å². The van der Waals surface area contributed by atoms with Crippen molar-refractivity contribution in [2.24, 2.45) is 7.05 Å². The molecule has 0 bridgehead atoms. The molecule has 0 aliphatic heterocycles. The molecule has 17 heavy (non-hydrogen) atoms. The Labute approximate surface area is 101 Å². The second-order valence-corrected chi connectivity index (χ2v) is 4.19. The zero-order valence-corrected chi connectivity index (χ0v) is 9.79. The first-order valence-corrected chi connectivity index (χ1v) is 5.72. The number of hydrogen-bond acceptors (Lipinski definition) is 6. The van der Waals surface area contributed by atoms with Crippen molar-refractivity contribution in [3.05, 3.63) is 40.5 Å². The van der Waals surface area contributed by atoms with E-state index < -0.39 is 4.92 Å². The molecule has 0 unspecified atom stereocenters. The second kappa shape index (κ2) is 4.91. The molecule has 0 spiro atoms. The lowest BCUT2D eigenvalue weighted by atomic mass is 10.6. The van der Waals surface area contributed by atoms with Crippen LogP contribution in [0.25, 0.3) is 0 Å². The Hall–Kier alpha value is -1.96. The predicted octanol–water partition coefficient (Wildman–Crippen LogP) is 1.41. The average Bonchev–Trinajstić information content (AvgIpc) is 2.69. The third kappa shape index (κ3) is 2.59. The molecule has 8 heteroatoms. The Kier molecular flexibility index (Phi) is 3.33. The molecular formula is C9H9N5O2S. The van der Waals surface area contributed by atoms with Crippen molar-refractivity contribution in [2.75, 3.05) is 0 Å². The SMILES string of the molecule is Cn1c([N+](=O)[O-])cnc1CSc1cccnn1. The first kappa shape index (κ1) is 11.5. The number of nitrogens with zero attached hydrogens (tertiary/aromatic N) is 5. The van der Waals surface area contributed by atoms with E-state index in [1.807, 2.05) is 6.07 Å². The molecule has 2 heterocycles. The number of imidazole rings is 1. The van der Waals surface area contributed by atoms with Crippen molar-refractivity contribution in [2.45, 2.75) is 10.8 Å². The molecular weight excluding hydrogens is 242 g/mol. The minimum atomic E-state index is -0.455. The van der Waals surface area contributed by atoms with Crippen LogP contribution >= 0.6 is 11.8 Å². The van der Waals surface area contributed by atoms with Crippen LogP contribution in [0.4, 0.5) is 5.82 Å². The van der Waals surface area contributed by atoms with Crippen molar-refractivity contribution in [1.82, 2.24) is 19.7 Å². The topological polar surface area (TPSA) is 86.7 Å². The fourth-order valence-electron chi connectivity index (χ4n) is 1.24. The highest BCUT2D eigenvalue weighted by atomic mass is 32.2. The highest BCUT2D eigenvalue weighted by Gasteiger charge is 2.16. The highest BCUT2D eigenvalue weighted by Crippen LogP contribution is 2.21. The van der Waals surface area contributed by atoms with Gasteiger partial charge >= 0.3 is 5.82 Å². The minimum Gasteiger partial charge on any atom is -0.358 e. The fourth-order valence-corrected chi connectivity index (χ4v) is 2.07. The van der Waals surface area contributed by atoms with Crippen LogP contribution in [-0.4, -0.2) is 24.7 Å². The van der Waals surface area contributed by atoms with Gasteiger partial charge in [-0.15, -0.1) is 5.10 Å². The van der Waals surface area contributed by atoms with Crippen LogP contribution in [0.1, 0.15) is 5.82 Å². The van der Waals surface area contributed by atoms with E-state index in [4.69, 9.17) is 0 Å². The fraction of sp³-hybridized carbons (Fsp3) is 0.222. The van der Waals surface area contributed by atoms with Crippen LogP contribution in [0.5, 0.6) is 0 Å². The highest BCUT2D eigenvalue weighted by molar-refractivity contribution is 7.98. The van der Waals surface area contributed by atoms with Gasteiger partial charge in [0.05, 0.1) is 12.8 Å². The summed E-state index contributed by atoms with van der Waals surface area (Å²) in [7, 11) is 1.62. The van der Waals surface area contributed by atoms with Gasteiger partial charge in [0.1, 0.15) is 11.2 Å². The molecule has 88 valence electrons. The molecule has 0 aromatic carbocycles. The zero-order valence-electron chi connectivity index (χ0n) is 8.98. The van der Waals surface area contributed by atoms with Crippen LogP contribution in [0.2, 0.25) is 0 Å². The molecule has 0 amide bonds. The summed E-state index contributed by atoms with van der Waals surface area (Å²) in [4.78, 5) is 14.2. The van der Waals surface area contributed by atoms with Crippen LogP contribution in [-0.2, 0) is 12.8 Å². The molecule has 0 N–H and O–H groups in total. The van der Waals surface area contributed by atoms with Crippen molar-refractivity contribution in [3.63, 3.8) is 0 Å². The third-order valence-electron chi connectivity index (χ3n) is 2.14. The van der Waals surface area contributed by atoms with E-state index in [9.17, 15) is 10.1 Å². The molecule has 0 aliphatic carbocycles. The van der Waals surface area contributed by atoms with Gasteiger partial charge in [-0.25, -0.2) is 9.55 Å². The van der Waals surface area contributed by atoms with Crippen molar-refractivity contribution >= 4 is 17.6 Å². The van der Waals surface area contributed by atoms with Crippen LogP contribution in [0.15, 0.2) is 29.6 Å². The Morgan fingerprint density at radius 2 is 2.41 bits per heavy atom. The molecule has 0 fully saturated rings. The molecule has 0 radical (unpaired) electrons. The van der Waals surface area contributed by atoms with Crippen LogP contribution in [0, 0.1) is 10.1 Å². The summed E-state index contributed by atoms with van der Waals surface area (Å²) in [5, 5.41) is 19.0. The van der Waals surface area contributed by atoms with E-state index in [-0.39, 0.29) is 5.82 Å². The molecule has 0 saturated heterocycles. The monoisotopic (exact) mass is 251 g/mol. The Morgan fingerprint density at radius 1 is 1.59 bits per heavy atom. The van der Waals surface area contributed by atoms with E-state index >= 15 is 0 Å². The summed E-state index contributed by atoms with van der Waals surface area (Å²) < 4.78 is 1.46. The first-order chi connectivity index (χ1) is 8.18. The molecule has 2 rings (SSSR count). The van der Waals surface area contributed by atoms with E-state index in [0.29, 0.717) is 11.6 Å². The molecule has 2 aromatic heterocycles. The molecule has 0 atom stereocenters. The number of nitro groups is 1. The normalized spacial score (nSPS) is 10.4. The van der Waals surface area contributed by atoms with Crippen molar-refractivity contribution < 1.29 is 4.92 Å². The third-order valence-corrected chi connectivity index (χ3v) is 3.06. The Balaban J connectivity index is 2.07. The lowest BCUT2D eigenvalue weighted by Crippen LogP contribution is -2.01. The summed E-state index contributed by atoms with van der Waals surface area (Å²) in [6.45, 7) is 0. The average molecular weight is 251 g/mol. The Morgan fingerprint density at radius 3 is 3.00 bits per heavy atom. The number of thioether (sulfide) groups is 1. The van der Waals surface area contributed by atoms with Crippen molar-refractivity contribution in [1.29, 1.82) is 0 Å². The van der Waals surface area contributed by atoms with Gasteiger partial charge in [-0.05, 0) is 17.1 Å². The maximum Gasteiger partial charge on any atom is 0.342 e. The van der Waals surface area contributed by atoms with Crippen LogP contribution in [0.3, 0.4) is 0 Å². The lowest BCUT2D eigenvalue weighted by Gasteiger charge is -1.98. The van der Waals surface area contributed by atoms with Crippen molar-refractivity contribution in [3.8, 4) is 0 Å². The number of rotatable bonds is 4. The zero-order chi connectivity index (χ0) is 12.3. The predicted molar refractivity (Wildman–Crippen MR) is 61.5 cm³/mol. The van der Waals surface area contributed by atoms with Gasteiger partial charge in [0, 0.05) is 6.20 Å². The number of hydrogen-bond donors (Lipinski definition) is 0. The smallest absolute Gasteiger partial charge is 0.342 e. The summed E-state index contributed by atoms with van der Waals surface area (Å²) in [6, 6.07) is 3.62. The number of aromatic nitrogens is 4. The maximum atomic E-state index is 10.6. The lowest BCUT2D eigenvalue weighted by molar-refractivity contribution is -0.391. The summed E-state index contributed by atoms with van der Waals surface area (Å²) >= 11 is 1.43. The van der Waals surface area contributed by atoms with E-state index in [1.54, 1.807) is 19.3 Å².